The molecule has 98 valence electrons. The molecule has 1 aliphatic heterocycles. The van der Waals surface area contributed by atoms with Crippen LogP contribution in [0.3, 0.4) is 0 Å². The summed E-state index contributed by atoms with van der Waals surface area (Å²) in [7, 11) is 1.72. The maximum Gasteiger partial charge on any atom is 0.421 e. The zero-order valence-electron chi connectivity index (χ0n) is 10.6. The number of hydrogen-bond donors (Lipinski definition) is 0. The fourth-order valence-corrected chi connectivity index (χ4v) is 1.98. The van der Waals surface area contributed by atoms with E-state index in [4.69, 9.17) is 9.47 Å². The van der Waals surface area contributed by atoms with Gasteiger partial charge in [0.1, 0.15) is 18.8 Å². The molecule has 0 spiro atoms. The van der Waals surface area contributed by atoms with Crippen molar-refractivity contribution < 1.29 is 19.1 Å². The molecule has 1 heterocycles. The summed E-state index contributed by atoms with van der Waals surface area (Å²) >= 11 is 1.16. The zero-order chi connectivity index (χ0) is 13.1. The van der Waals surface area contributed by atoms with Gasteiger partial charge in [0.15, 0.2) is 0 Å². The van der Waals surface area contributed by atoms with Crippen LogP contribution in [0.15, 0.2) is 0 Å². The number of amides is 1. The number of carbonyl (C=O) groups is 2. The largest absolute Gasteiger partial charge is 0.459 e. The van der Waals surface area contributed by atoms with E-state index < -0.39 is 5.60 Å². The molecule has 6 nitrogen and oxygen atoms in total. The van der Waals surface area contributed by atoms with E-state index in [2.05, 4.69) is 0 Å². The van der Waals surface area contributed by atoms with E-state index >= 15 is 0 Å². The van der Waals surface area contributed by atoms with Gasteiger partial charge in [-0.1, -0.05) is 0 Å². The minimum atomic E-state index is -0.491. The molecule has 0 saturated carbocycles. The number of carbonyl (C=O) groups excluding carboxylic acids is 2. The third-order valence-corrected chi connectivity index (χ3v) is 2.67. The third kappa shape index (κ3) is 5.27. The second-order valence-corrected chi connectivity index (χ2v) is 5.90. The fraction of sp³-hybridized carbons (Fsp3) is 0.800. The van der Waals surface area contributed by atoms with Gasteiger partial charge in [0.25, 0.3) is 0 Å². The van der Waals surface area contributed by atoms with Crippen LogP contribution < -0.4 is 0 Å². The van der Waals surface area contributed by atoms with Crippen LogP contribution in [0.1, 0.15) is 20.8 Å². The van der Waals surface area contributed by atoms with E-state index in [0.29, 0.717) is 13.2 Å². The molecule has 0 aromatic rings. The number of cyclic esters (lactones) is 1. The van der Waals surface area contributed by atoms with E-state index in [-0.39, 0.29) is 18.6 Å². The van der Waals surface area contributed by atoms with Crippen LogP contribution in [0.2, 0.25) is 0 Å². The van der Waals surface area contributed by atoms with E-state index in [9.17, 15) is 9.59 Å². The summed E-state index contributed by atoms with van der Waals surface area (Å²) in [4.78, 5) is 22.7. The van der Waals surface area contributed by atoms with E-state index in [1.165, 1.54) is 4.31 Å². The number of likely N-dealkylation sites (N-methyl/N-ethyl adjacent to an activating group) is 1. The third-order valence-electron chi connectivity index (χ3n) is 1.73. The average molecular weight is 262 g/mol. The topological polar surface area (TPSA) is 59.1 Å². The Kier molecular flexibility index (Phi) is 4.64. The molecule has 1 saturated heterocycles. The highest BCUT2D eigenvalue weighted by Crippen LogP contribution is 2.19. The summed E-state index contributed by atoms with van der Waals surface area (Å²) in [5, 5.41) is 0. The van der Waals surface area contributed by atoms with Gasteiger partial charge in [-0.15, -0.1) is 0 Å². The summed E-state index contributed by atoms with van der Waals surface area (Å²) in [6.07, 6.45) is -0.369. The molecule has 0 aromatic heterocycles. The number of ether oxygens (including phenoxy) is 2. The molecule has 0 atom stereocenters. The van der Waals surface area contributed by atoms with Crippen LogP contribution in [0.25, 0.3) is 0 Å². The summed E-state index contributed by atoms with van der Waals surface area (Å²) in [6, 6.07) is 0. The Labute approximate surface area is 105 Å². The Morgan fingerprint density at radius 1 is 1.59 bits per heavy atom. The maximum absolute atomic E-state index is 11.5. The van der Waals surface area contributed by atoms with Crippen molar-refractivity contribution in [3.05, 3.63) is 0 Å². The van der Waals surface area contributed by atoms with Crippen molar-refractivity contribution in [2.75, 3.05) is 26.7 Å². The molecule has 17 heavy (non-hydrogen) atoms. The van der Waals surface area contributed by atoms with Crippen LogP contribution in [-0.2, 0) is 14.3 Å². The Bertz CT molecular complexity index is 303. The lowest BCUT2D eigenvalue weighted by atomic mass is 10.2. The molecular weight excluding hydrogens is 244 g/mol. The summed E-state index contributed by atoms with van der Waals surface area (Å²) in [5.41, 5.74) is -0.491. The van der Waals surface area contributed by atoms with Gasteiger partial charge in [-0.2, -0.15) is 0 Å². The molecular formula is C10H18N2O4S. The molecule has 0 aromatic carbocycles. The second-order valence-electron chi connectivity index (χ2n) is 4.67. The monoisotopic (exact) mass is 262 g/mol. The summed E-state index contributed by atoms with van der Waals surface area (Å²) in [6.45, 7) is 6.49. The molecule has 0 bridgehead atoms. The summed E-state index contributed by atoms with van der Waals surface area (Å²) in [5.74, 6) is -0.319. The predicted molar refractivity (Wildman–Crippen MR) is 64.1 cm³/mol. The minimum Gasteiger partial charge on any atom is -0.459 e. The van der Waals surface area contributed by atoms with Gasteiger partial charge in [-0.3, -0.25) is 4.79 Å². The normalized spacial score (nSPS) is 16.3. The van der Waals surface area contributed by atoms with E-state index in [1.54, 1.807) is 11.4 Å². The Balaban J connectivity index is 2.31. The Hall–Kier alpha value is -0.950. The van der Waals surface area contributed by atoms with Gasteiger partial charge < -0.3 is 9.47 Å². The van der Waals surface area contributed by atoms with Crippen LogP contribution in [0.4, 0.5) is 4.79 Å². The molecule has 0 unspecified atom stereocenters. The van der Waals surface area contributed by atoms with Gasteiger partial charge in [0.05, 0.1) is 6.54 Å². The number of hydrogen-bond acceptors (Lipinski definition) is 6. The predicted octanol–water partition coefficient (Wildman–Crippen LogP) is 1.28. The van der Waals surface area contributed by atoms with Crippen LogP contribution in [-0.4, -0.2) is 53.0 Å². The van der Waals surface area contributed by atoms with Crippen molar-refractivity contribution in [3.8, 4) is 0 Å². The first kappa shape index (κ1) is 14.1. The standard InChI is InChI=1S/C10H18N2O4S/c1-10(2,3)16-8(13)7-11(4)17-12-5-6-15-9(12)14/h5-7H2,1-4H3. The Morgan fingerprint density at radius 2 is 2.24 bits per heavy atom. The maximum atomic E-state index is 11.5. The highest BCUT2D eigenvalue weighted by Gasteiger charge is 2.26. The number of esters is 1. The van der Waals surface area contributed by atoms with Gasteiger partial charge in [-0.05, 0) is 27.8 Å². The van der Waals surface area contributed by atoms with E-state index in [1.807, 2.05) is 20.8 Å². The van der Waals surface area contributed by atoms with Crippen LogP contribution >= 0.6 is 12.1 Å². The van der Waals surface area contributed by atoms with Crippen molar-refractivity contribution in [1.82, 2.24) is 8.61 Å². The van der Waals surface area contributed by atoms with Crippen molar-refractivity contribution in [3.63, 3.8) is 0 Å². The SMILES string of the molecule is CN(CC(=O)OC(C)(C)C)SN1CCOC1=O. The van der Waals surface area contributed by atoms with Crippen molar-refractivity contribution >= 4 is 24.2 Å². The first-order chi connectivity index (χ1) is 7.78. The first-order valence-corrected chi connectivity index (χ1v) is 6.06. The molecule has 1 aliphatic rings. The van der Waals surface area contributed by atoms with E-state index in [0.717, 1.165) is 12.1 Å². The number of rotatable bonds is 4. The molecule has 1 rings (SSSR count). The van der Waals surface area contributed by atoms with Crippen molar-refractivity contribution in [2.24, 2.45) is 0 Å². The van der Waals surface area contributed by atoms with Crippen LogP contribution in [0, 0.1) is 0 Å². The Morgan fingerprint density at radius 3 is 2.71 bits per heavy atom. The highest BCUT2D eigenvalue weighted by molar-refractivity contribution is 7.95. The molecule has 7 heteroatoms. The lowest BCUT2D eigenvalue weighted by Gasteiger charge is -2.23. The van der Waals surface area contributed by atoms with Gasteiger partial charge >= 0.3 is 12.1 Å². The molecule has 0 radical (unpaired) electrons. The molecule has 0 N–H and O–H groups in total. The zero-order valence-corrected chi connectivity index (χ0v) is 11.4. The molecule has 1 fully saturated rings. The molecule has 0 aliphatic carbocycles. The molecule has 1 amide bonds. The summed E-state index contributed by atoms with van der Waals surface area (Å²) < 4.78 is 13.0. The van der Waals surface area contributed by atoms with Gasteiger partial charge in [0.2, 0.25) is 0 Å². The van der Waals surface area contributed by atoms with Crippen molar-refractivity contribution in [1.29, 1.82) is 0 Å². The van der Waals surface area contributed by atoms with Gasteiger partial charge in [0, 0.05) is 12.1 Å². The first-order valence-electron chi connectivity index (χ1n) is 5.33. The van der Waals surface area contributed by atoms with Gasteiger partial charge in [-0.25, -0.2) is 13.4 Å². The fourth-order valence-electron chi connectivity index (χ4n) is 1.21. The lowest BCUT2D eigenvalue weighted by molar-refractivity contribution is -0.154. The number of nitrogens with zero attached hydrogens (tertiary/aromatic N) is 2. The highest BCUT2D eigenvalue weighted by atomic mass is 32.2. The average Bonchev–Trinajstić information content (AvgIpc) is 2.47. The minimum absolute atomic E-state index is 0.117. The lowest BCUT2D eigenvalue weighted by Crippen LogP contribution is -2.32. The second kappa shape index (κ2) is 5.59. The smallest absolute Gasteiger partial charge is 0.421 e. The quantitative estimate of drug-likeness (QED) is 0.562. The van der Waals surface area contributed by atoms with Crippen LogP contribution in [0.5, 0.6) is 0 Å². The van der Waals surface area contributed by atoms with Crippen molar-refractivity contribution in [2.45, 2.75) is 26.4 Å².